The third kappa shape index (κ3) is 3.09. The Morgan fingerprint density at radius 2 is 2.29 bits per heavy atom. The zero-order valence-electron chi connectivity index (χ0n) is 10.4. The summed E-state index contributed by atoms with van der Waals surface area (Å²) in [6.45, 7) is 1.89. The molecule has 2 rings (SSSR count). The van der Waals surface area contributed by atoms with E-state index >= 15 is 0 Å². The van der Waals surface area contributed by atoms with Crippen LogP contribution in [0, 0.1) is 0 Å². The molecule has 0 saturated heterocycles. The van der Waals surface area contributed by atoms with Gasteiger partial charge in [0.1, 0.15) is 0 Å². The van der Waals surface area contributed by atoms with Gasteiger partial charge in [0.2, 0.25) is 0 Å². The van der Waals surface area contributed by atoms with E-state index in [9.17, 15) is 5.11 Å². The third-order valence-electron chi connectivity index (χ3n) is 3.38. The van der Waals surface area contributed by atoms with Crippen LogP contribution in [-0.2, 0) is 6.54 Å². The molecule has 4 nitrogen and oxygen atoms in total. The topological polar surface area (TPSA) is 41.3 Å². The Bertz CT molecular complexity index is 378. The number of nitrogens with zero attached hydrogens (tertiary/aromatic N) is 3. The number of aliphatic hydroxyl groups excluding tert-OH is 1. The molecule has 2 unspecified atom stereocenters. The summed E-state index contributed by atoms with van der Waals surface area (Å²) in [6, 6.07) is 0. The van der Waals surface area contributed by atoms with Gasteiger partial charge in [0, 0.05) is 12.5 Å². The number of hydrogen-bond acceptors (Lipinski definition) is 3. The smallest absolute Gasteiger partial charge is 0.0635 e. The second-order valence-corrected chi connectivity index (χ2v) is 5.92. The largest absolute Gasteiger partial charge is 0.393 e. The highest BCUT2D eigenvalue weighted by Crippen LogP contribution is 2.37. The lowest BCUT2D eigenvalue weighted by Crippen LogP contribution is -2.21. The molecule has 2 atom stereocenters. The normalized spacial score (nSPS) is 24.8. The van der Waals surface area contributed by atoms with E-state index in [-0.39, 0.29) is 6.10 Å². The molecule has 1 aromatic heterocycles. The summed E-state index contributed by atoms with van der Waals surface area (Å²) in [6.07, 6.45) is 4.58. The first kappa shape index (κ1) is 13.1. The van der Waals surface area contributed by atoms with Crippen molar-refractivity contribution in [1.82, 2.24) is 14.7 Å². The predicted octanol–water partition coefficient (Wildman–Crippen LogP) is 1.84. The molecule has 1 heterocycles. The second-order valence-electron chi connectivity index (χ2n) is 5.07. The Balaban J connectivity index is 2.12. The predicted molar refractivity (Wildman–Crippen MR) is 71.1 cm³/mol. The molecule has 0 aliphatic heterocycles. The first-order chi connectivity index (χ1) is 8.08. The van der Waals surface area contributed by atoms with Gasteiger partial charge in [-0.25, -0.2) is 0 Å². The average Bonchev–Trinajstić information content (AvgIpc) is 2.82. The standard InChI is InChI=1S/C12H20BrN3O/c1-15(2)5-6-16-12(11(13)8-14-16)9-3-4-10(17)7-9/h8-10,17H,3-7H2,1-2H3. The summed E-state index contributed by atoms with van der Waals surface area (Å²) < 4.78 is 3.16. The van der Waals surface area contributed by atoms with Gasteiger partial charge in [-0.15, -0.1) is 0 Å². The summed E-state index contributed by atoms with van der Waals surface area (Å²) in [5, 5.41) is 14.1. The molecule has 1 aromatic rings. The van der Waals surface area contributed by atoms with Gasteiger partial charge in [0.25, 0.3) is 0 Å². The average molecular weight is 302 g/mol. The highest BCUT2D eigenvalue weighted by Gasteiger charge is 2.28. The first-order valence-corrected chi connectivity index (χ1v) is 6.91. The van der Waals surface area contributed by atoms with Crippen LogP contribution in [-0.4, -0.2) is 46.5 Å². The molecule has 1 fully saturated rings. The molecular weight excluding hydrogens is 282 g/mol. The van der Waals surface area contributed by atoms with Crippen LogP contribution in [0.15, 0.2) is 10.7 Å². The minimum Gasteiger partial charge on any atom is -0.393 e. The van der Waals surface area contributed by atoms with Gasteiger partial charge in [0.05, 0.1) is 29.0 Å². The molecule has 0 amide bonds. The van der Waals surface area contributed by atoms with Crippen molar-refractivity contribution >= 4 is 15.9 Å². The number of aliphatic hydroxyl groups is 1. The van der Waals surface area contributed by atoms with E-state index in [2.05, 4.69) is 44.7 Å². The van der Waals surface area contributed by atoms with Crippen molar-refractivity contribution in [2.24, 2.45) is 0 Å². The molecule has 1 aliphatic rings. The van der Waals surface area contributed by atoms with E-state index in [4.69, 9.17) is 0 Å². The summed E-state index contributed by atoms with van der Waals surface area (Å²) in [4.78, 5) is 2.16. The zero-order valence-corrected chi connectivity index (χ0v) is 12.0. The lowest BCUT2D eigenvalue weighted by Gasteiger charge is -2.16. The van der Waals surface area contributed by atoms with Crippen molar-refractivity contribution in [2.75, 3.05) is 20.6 Å². The number of halogens is 1. The van der Waals surface area contributed by atoms with E-state index < -0.39 is 0 Å². The van der Waals surface area contributed by atoms with E-state index in [0.29, 0.717) is 5.92 Å². The van der Waals surface area contributed by atoms with E-state index in [1.165, 1.54) is 5.69 Å². The summed E-state index contributed by atoms with van der Waals surface area (Å²) >= 11 is 3.58. The highest BCUT2D eigenvalue weighted by atomic mass is 79.9. The van der Waals surface area contributed by atoms with Gasteiger partial charge in [-0.3, -0.25) is 4.68 Å². The van der Waals surface area contributed by atoms with Crippen molar-refractivity contribution in [1.29, 1.82) is 0 Å². The Hall–Kier alpha value is -0.390. The lowest BCUT2D eigenvalue weighted by atomic mass is 10.0. The van der Waals surface area contributed by atoms with Gasteiger partial charge in [-0.2, -0.15) is 5.10 Å². The molecule has 0 aromatic carbocycles. The van der Waals surface area contributed by atoms with Crippen LogP contribution in [0.1, 0.15) is 30.9 Å². The van der Waals surface area contributed by atoms with Crippen molar-refractivity contribution in [3.63, 3.8) is 0 Å². The molecular formula is C12H20BrN3O. The van der Waals surface area contributed by atoms with Crippen LogP contribution in [0.25, 0.3) is 0 Å². The van der Waals surface area contributed by atoms with Gasteiger partial charge in [0.15, 0.2) is 0 Å². The number of rotatable bonds is 4. The molecule has 96 valence electrons. The summed E-state index contributed by atoms with van der Waals surface area (Å²) in [5.41, 5.74) is 1.25. The van der Waals surface area contributed by atoms with Crippen molar-refractivity contribution < 1.29 is 5.11 Å². The fourth-order valence-electron chi connectivity index (χ4n) is 2.46. The SMILES string of the molecule is CN(C)CCn1ncc(Br)c1C1CCC(O)C1. The Morgan fingerprint density at radius 1 is 1.53 bits per heavy atom. The van der Waals surface area contributed by atoms with E-state index in [0.717, 1.165) is 36.8 Å². The molecule has 17 heavy (non-hydrogen) atoms. The Kier molecular flexibility index (Phi) is 4.22. The molecule has 0 spiro atoms. The molecule has 0 radical (unpaired) electrons. The van der Waals surface area contributed by atoms with Crippen LogP contribution in [0.4, 0.5) is 0 Å². The van der Waals surface area contributed by atoms with Gasteiger partial charge in [-0.05, 0) is 49.3 Å². The van der Waals surface area contributed by atoms with Crippen LogP contribution >= 0.6 is 15.9 Å². The van der Waals surface area contributed by atoms with Crippen LogP contribution < -0.4 is 0 Å². The van der Waals surface area contributed by atoms with Crippen LogP contribution in [0.5, 0.6) is 0 Å². The van der Waals surface area contributed by atoms with Gasteiger partial charge in [-0.1, -0.05) is 0 Å². The summed E-state index contributed by atoms with van der Waals surface area (Å²) in [5.74, 6) is 0.448. The van der Waals surface area contributed by atoms with Gasteiger partial charge < -0.3 is 10.0 Å². The Labute approximate surface area is 111 Å². The van der Waals surface area contributed by atoms with Crippen LogP contribution in [0.3, 0.4) is 0 Å². The van der Waals surface area contributed by atoms with Crippen molar-refractivity contribution in [3.05, 3.63) is 16.4 Å². The molecule has 1 N–H and O–H groups in total. The number of aromatic nitrogens is 2. The molecule has 5 heteroatoms. The molecule has 1 saturated carbocycles. The fourth-order valence-corrected chi connectivity index (χ4v) is 3.08. The minimum absolute atomic E-state index is 0.135. The van der Waals surface area contributed by atoms with E-state index in [1.807, 2.05) is 6.20 Å². The van der Waals surface area contributed by atoms with E-state index in [1.54, 1.807) is 0 Å². The highest BCUT2D eigenvalue weighted by molar-refractivity contribution is 9.10. The number of hydrogen-bond donors (Lipinski definition) is 1. The maximum atomic E-state index is 9.65. The first-order valence-electron chi connectivity index (χ1n) is 6.12. The maximum absolute atomic E-state index is 9.65. The summed E-state index contributed by atoms with van der Waals surface area (Å²) in [7, 11) is 4.13. The number of likely N-dealkylation sites (N-methyl/N-ethyl adjacent to an activating group) is 1. The quantitative estimate of drug-likeness (QED) is 0.922. The Morgan fingerprint density at radius 3 is 2.88 bits per heavy atom. The van der Waals surface area contributed by atoms with Crippen molar-refractivity contribution in [2.45, 2.75) is 37.8 Å². The molecule has 0 bridgehead atoms. The van der Waals surface area contributed by atoms with Crippen LogP contribution in [0.2, 0.25) is 0 Å². The monoisotopic (exact) mass is 301 g/mol. The minimum atomic E-state index is -0.135. The van der Waals surface area contributed by atoms with Gasteiger partial charge >= 0.3 is 0 Å². The maximum Gasteiger partial charge on any atom is 0.0635 e. The fraction of sp³-hybridized carbons (Fsp3) is 0.750. The van der Waals surface area contributed by atoms with Crippen molar-refractivity contribution in [3.8, 4) is 0 Å². The lowest BCUT2D eigenvalue weighted by molar-refractivity contribution is 0.181. The second kappa shape index (κ2) is 5.50. The molecule has 1 aliphatic carbocycles. The third-order valence-corrected chi connectivity index (χ3v) is 3.99. The zero-order chi connectivity index (χ0) is 12.4.